The summed E-state index contributed by atoms with van der Waals surface area (Å²) in [5.41, 5.74) is 0.878. The highest BCUT2D eigenvalue weighted by Gasteiger charge is 2.57. The highest BCUT2D eigenvalue weighted by Crippen LogP contribution is 2.32. The maximum atomic E-state index is 10.9. The number of nitro groups is 1. The third kappa shape index (κ3) is 1.41. The molecule has 2 saturated heterocycles. The molecule has 96 valence electrons. The largest absolute Gasteiger partial charge is 0.505 e. The molecule has 3 rings (SSSR count). The van der Waals surface area contributed by atoms with Crippen LogP contribution in [0.15, 0.2) is 24.3 Å². The van der Waals surface area contributed by atoms with Gasteiger partial charge in [0.1, 0.15) is 0 Å². The summed E-state index contributed by atoms with van der Waals surface area (Å²) in [6.45, 7) is 1.44. The quantitative estimate of drug-likeness (QED) is 0.428. The molecule has 7 heteroatoms. The highest BCUT2D eigenvalue weighted by molar-refractivity contribution is 6.75. The normalized spacial score (nSPS) is 34.5. The number of hydrogen-bond donors (Lipinski definition) is 0. The molecule has 0 unspecified atom stereocenters. The molecule has 0 saturated carbocycles. The van der Waals surface area contributed by atoms with Gasteiger partial charge in [-0.25, -0.2) is 0 Å². The average molecular weight is 250 g/mol. The Balaban J connectivity index is 2.09. The Bertz CT molecular complexity index is 498. The second kappa shape index (κ2) is 3.78. The minimum Gasteiger partial charge on any atom is -0.505 e. The van der Waals surface area contributed by atoms with Crippen molar-refractivity contribution < 1.29 is 18.6 Å². The van der Waals surface area contributed by atoms with Crippen LogP contribution in [0.3, 0.4) is 0 Å². The zero-order chi connectivity index (χ0) is 12.8. The van der Waals surface area contributed by atoms with Crippen molar-refractivity contribution in [1.82, 2.24) is 0 Å². The molecular formula is C11H15BN2O4. The fourth-order valence-electron chi connectivity index (χ4n) is 3.12. The van der Waals surface area contributed by atoms with E-state index in [4.69, 9.17) is 9.31 Å². The summed E-state index contributed by atoms with van der Waals surface area (Å²) in [6.07, 6.45) is 0. The number of nitro benzene ring substituents is 1. The molecule has 0 radical (unpaired) electrons. The highest BCUT2D eigenvalue weighted by atomic mass is 16.6. The van der Waals surface area contributed by atoms with Crippen LogP contribution in [0.1, 0.15) is 0 Å². The second-order valence-corrected chi connectivity index (χ2v) is 5.19. The molecule has 0 atom stereocenters. The van der Waals surface area contributed by atoms with Gasteiger partial charge in [-0.2, -0.15) is 0 Å². The van der Waals surface area contributed by atoms with Crippen molar-refractivity contribution in [3.8, 4) is 0 Å². The van der Waals surface area contributed by atoms with Gasteiger partial charge in [0, 0.05) is 13.1 Å². The third-order valence-corrected chi connectivity index (χ3v) is 4.21. The number of benzene rings is 1. The first kappa shape index (κ1) is 11.6. The summed E-state index contributed by atoms with van der Waals surface area (Å²) >= 11 is 0. The maximum Gasteiger partial charge on any atom is 0.502 e. The van der Waals surface area contributed by atoms with Crippen molar-refractivity contribution in [3.63, 3.8) is 0 Å². The summed E-state index contributed by atoms with van der Waals surface area (Å²) in [4.78, 5) is 10.5. The van der Waals surface area contributed by atoms with Gasteiger partial charge in [0.05, 0.1) is 31.2 Å². The minimum atomic E-state index is -1.61. The minimum absolute atomic E-state index is 0.0845. The smallest absolute Gasteiger partial charge is 0.502 e. The first-order valence-electron chi connectivity index (χ1n) is 6.09. The van der Waals surface area contributed by atoms with E-state index in [0.29, 0.717) is 17.6 Å². The number of non-ortho nitro benzene ring substituents is 1. The number of nitrogens with zero attached hydrogens (tertiary/aromatic N) is 2. The number of quaternary nitrogens is 1. The molecule has 2 heterocycles. The molecule has 0 N–H and O–H groups in total. The molecular weight excluding hydrogens is 235 g/mol. The van der Waals surface area contributed by atoms with E-state index in [2.05, 4.69) is 7.05 Å². The van der Waals surface area contributed by atoms with Crippen molar-refractivity contribution in [3.05, 3.63) is 34.4 Å². The van der Waals surface area contributed by atoms with Crippen LogP contribution in [0.4, 0.5) is 5.69 Å². The lowest BCUT2D eigenvalue weighted by atomic mass is 9.61. The molecule has 2 fully saturated rings. The molecule has 0 aliphatic carbocycles. The van der Waals surface area contributed by atoms with Crippen LogP contribution >= 0.6 is 0 Å². The van der Waals surface area contributed by atoms with Crippen molar-refractivity contribution in [2.45, 2.75) is 0 Å². The van der Waals surface area contributed by atoms with Gasteiger partial charge in [0.25, 0.3) is 5.69 Å². The van der Waals surface area contributed by atoms with Gasteiger partial charge in [0.2, 0.25) is 0 Å². The van der Waals surface area contributed by atoms with Crippen LogP contribution < -0.4 is 5.46 Å². The lowest BCUT2D eigenvalue weighted by Gasteiger charge is -2.43. The van der Waals surface area contributed by atoms with Crippen molar-refractivity contribution in [2.75, 3.05) is 33.4 Å². The summed E-state index contributed by atoms with van der Waals surface area (Å²) in [7, 11) is 2.10. The van der Waals surface area contributed by atoms with Crippen molar-refractivity contribution >= 4 is 17.8 Å². The lowest BCUT2D eigenvalue weighted by Crippen LogP contribution is -2.67. The van der Waals surface area contributed by atoms with Crippen LogP contribution in [0.5, 0.6) is 0 Å². The molecule has 0 amide bonds. The zero-order valence-corrected chi connectivity index (χ0v) is 10.2. The summed E-state index contributed by atoms with van der Waals surface area (Å²) < 4.78 is 12.5. The molecule has 1 aromatic carbocycles. The van der Waals surface area contributed by atoms with E-state index in [0.717, 1.165) is 18.6 Å². The SMILES string of the molecule is C[N+]12CCO[B-]1(c1cccc([N+](=O)[O-])c1)OCC2. The zero-order valence-electron chi connectivity index (χ0n) is 10.2. The van der Waals surface area contributed by atoms with Crippen LogP contribution in [0.25, 0.3) is 0 Å². The van der Waals surface area contributed by atoms with Gasteiger partial charge in [-0.1, -0.05) is 17.6 Å². The molecule has 2 aliphatic rings. The standard InChI is InChI=1S/C11H15BN2O4/c1-14-5-7-17-12(14,18-8-6-14)10-3-2-4-11(9-10)13(15)16/h2-4,9H,5-8H2,1H3. The molecule has 0 spiro atoms. The molecule has 6 nitrogen and oxygen atoms in total. The molecule has 0 bridgehead atoms. The fourth-order valence-corrected chi connectivity index (χ4v) is 3.12. The Labute approximate surface area is 105 Å². The van der Waals surface area contributed by atoms with E-state index >= 15 is 0 Å². The second-order valence-electron chi connectivity index (χ2n) is 5.19. The summed E-state index contributed by atoms with van der Waals surface area (Å²) in [5.74, 6) is 0. The summed E-state index contributed by atoms with van der Waals surface area (Å²) in [5, 5.41) is 10.9. The van der Waals surface area contributed by atoms with Crippen LogP contribution in [-0.4, -0.2) is 49.4 Å². The van der Waals surface area contributed by atoms with Crippen LogP contribution in [-0.2, 0) is 9.31 Å². The van der Waals surface area contributed by atoms with E-state index in [9.17, 15) is 10.1 Å². The average Bonchev–Trinajstić information content (AvgIpc) is 2.83. The number of likely N-dealkylation sites (N-methyl/N-ethyl adjacent to an activating group) is 1. The Morgan fingerprint density at radius 1 is 1.33 bits per heavy atom. The first-order chi connectivity index (χ1) is 8.57. The Hall–Kier alpha value is -1.44. The molecule has 1 aromatic rings. The number of rotatable bonds is 2. The Morgan fingerprint density at radius 3 is 2.61 bits per heavy atom. The van der Waals surface area contributed by atoms with Gasteiger partial charge in [-0.3, -0.25) is 10.1 Å². The predicted molar refractivity (Wildman–Crippen MR) is 66.3 cm³/mol. The Kier molecular flexibility index (Phi) is 2.44. The summed E-state index contributed by atoms with van der Waals surface area (Å²) in [6, 6.07) is 6.62. The van der Waals surface area contributed by atoms with Gasteiger partial charge in [-0.05, 0) is 6.07 Å². The van der Waals surface area contributed by atoms with Gasteiger partial charge in [-0.15, -0.1) is 0 Å². The lowest BCUT2D eigenvalue weighted by molar-refractivity contribution is -0.798. The predicted octanol–water partition coefficient (Wildman–Crippen LogP) is 0.248. The van der Waals surface area contributed by atoms with Gasteiger partial charge >= 0.3 is 6.69 Å². The first-order valence-corrected chi connectivity index (χ1v) is 6.09. The van der Waals surface area contributed by atoms with Crippen molar-refractivity contribution in [2.24, 2.45) is 0 Å². The van der Waals surface area contributed by atoms with Crippen molar-refractivity contribution in [1.29, 1.82) is 0 Å². The Morgan fingerprint density at radius 2 is 2.00 bits per heavy atom. The van der Waals surface area contributed by atoms with Gasteiger partial charge < -0.3 is 13.7 Å². The van der Waals surface area contributed by atoms with E-state index in [1.54, 1.807) is 12.1 Å². The third-order valence-electron chi connectivity index (χ3n) is 4.21. The van der Waals surface area contributed by atoms with Crippen LogP contribution in [0.2, 0.25) is 0 Å². The van der Waals surface area contributed by atoms with Crippen LogP contribution in [0, 0.1) is 10.1 Å². The maximum absolute atomic E-state index is 10.9. The number of hydrogen-bond acceptors (Lipinski definition) is 4. The van der Waals surface area contributed by atoms with E-state index < -0.39 is 6.69 Å². The molecule has 18 heavy (non-hydrogen) atoms. The molecule has 0 aromatic heterocycles. The van der Waals surface area contributed by atoms with E-state index in [-0.39, 0.29) is 10.6 Å². The van der Waals surface area contributed by atoms with E-state index in [1.165, 1.54) is 6.07 Å². The monoisotopic (exact) mass is 250 g/mol. The fraction of sp³-hybridized carbons (Fsp3) is 0.455. The van der Waals surface area contributed by atoms with E-state index in [1.807, 2.05) is 6.07 Å². The topological polar surface area (TPSA) is 61.6 Å². The number of fused-ring (bicyclic) bond motifs is 1. The van der Waals surface area contributed by atoms with Gasteiger partial charge in [0.15, 0.2) is 0 Å². The molecule has 2 aliphatic heterocycles.